The number of hydrogen-bond acceptors (Lipinski definition) is 5. The van der Waals surface area contributed by atoms with Gasteiger partial charge in [0.1, 0.15) is 12.3 Å². The van der Waals surface area contributed by atoms with Crippen LogP contribution in [0.3, 0.4) is 0 Å². The highest BCUT2D eigenvalue weighted by Crippen LogP contribution is 2.33. The van der Waals surface area contributed by atoms with Crippen molar-refractivity contribution in [2.24, 2.45) is 0 Å². The maximum Gasteiger partial charge on any atom is 0.265 e. The molecule has 152 valence electrons. The van der Waals surface area contributed by atoms with Gasteiger partial charge in [0.15, 0.2) is 30.6 Å². The van der Waals surface area contributed by atoms with Crippen LogP contribution in [-0.4, -0.2) is 43.9 Å². The summed E-state index contributed by atoms with van der Waals surface area (Å²) in [6, 6.07) is 8.97. The number of halogens is 1. The van der Waals surface area contributed by atoms with Gasteiger partial charge in [-0.15, -0.1) is 0 Å². The molecule has 1 heterocycles. The Bertz CT molecular complexity index is 960. The molecule has 2 aromatic carbocycles. The summed E-state index contributed by atoms with van der Waals surface area (Å²) in [6.45, 7) is 3.28. The Hall–Kier alpha value is -3.42. The standard InChI is InChI=1S/C21H21FN2O5/c1-3-23-20(26)10-24-16-9-14(5-7-18(16)29-12-21(24)27)17(25)11-28-19-8-13(2)4-6-15(19)22/h4-9H,3,10-12H2,1-2H3,(H,23,26). The highest BCUT2D eigenvalue weighted by atomic mass is 19.1. The van der Waals surface area contributed by atoms with Crippen molar-refractivity contribution in [3.8, 4) is 11.5 Å². The van der Waals surface area contributed by atoms with Crippen LogP contribution in [0.25, 0.3) is 0 Å². The first kappa shape index (κ1) is 20.3. The van der Waals surface area contributed by atoms with Crippen molar-refractivity contribution in [1.29, 1.82) is 0 Å². The van der Waals surface area contributed by atoms with E-state index in [0.29, 0.717) is 18.0 Å². The van der Waals surface area contributed by atoms with Crippen molar-refractivity contribution >= 4 is 23.3 Å². The molecular formula is C21H21FN2O5. The van der Waals surface area contributed by atoms with Gasteiger partial charge in [0.05, 0.1) is 5.69 Å². The van der Waals surface area contributed by atoms with E-state index in [1.807, 2.05) is 0 Å². The Morgan fingerprint density at radius 3 is 2.79 bits per heavy atom. The number of anilines is 1. The topological polar surface area (TPSA) is 84.9 Å². The highest BCUT2D eigenvalue weighted by molar-refractivity contribution is 6.04. The Morgan fingerprint density at radius 1 is 1.24 bits per heavy atom. The quantitative estimate of drug-likeness (QED) is 0.721. The summed E-state index contributed by atoms with van der Waals surface area (Å²) in [5, 5.41) is 2.63. The van der Waals surface area contributed by atoms with Crippen LogP contribution in [-0.2, 0) is 9.59 Å². The predicted octanol–water partition coefficient (Wildman–Crippen LogP) is 2.26. The minimum absolute atomic E-state index is 0.00677. The van der Waals surface area contributed by atoms with E-state index in [1.165, 1.54) is 29.2 Å². The maximum absolute atomic E-state index is 13.8. The molecule has 0 spiro atoms. The Morgan fingerprint density at radius 2 is 2.03 bits per heavy atom. The summed E-state index contributed by atoms with van der Waals surface area (Å²) in [5.41, 5.74) is 1.40. The molecular weight excluding hydrogens is 379 g/mol. The number of fused-ring (bicyclic) bond motifs is 1. The van der Waals surface area contributed by atoms with Gasteiger partial charge in [0.2, 0.25) is 5.91 Å². The number of carbonyl (C=O) groups excluding carboxylic acids is 3. The van der Waals surface area contributed by atoms with E-state index < -0.39 is 11.6 Å². The molecule has 29 heavy (non-hydrogen) atoms. The average Bonchev–Trinajstić information content (AvgIpc) is 2.70. The van der Waals surface area contributed by atoms with Gasteiger partial charge in [-0.25, -0.2) is 4.39 Å². The van der Waals surface area contributed by atoms with Crippen LogP contribution in [0.1, 0.15) is 22.8 Å². The molecule has 3 rings (SSSR count). The largest absolute Gasteiger partial charge is 0.482 e. The summed E-state index contributed by atoms with van der Waals surface area (Å²) in [4.78, 5) is 38.0. The second-order valence-corrected chi connectivity index (χ2v) is 6.55. The Balaban J connectivity index is 1.78. The van der Waals surface area contributed by atoms with Gasteiger partial charge >= 0.3 is 0 Å². The Labute approximate surface area is 167 Å². The van der Waals surface area contributed by atoms with Crippen molar-refractivity contribution in [2.75, 3.05) is 31.2 Å². The lowest BCUT2D eigenvalue weighted by molar-refractivity contribution is -0.125. The molecule has 8 heteroatoms. The molecule has 0 bridgehead atoms. The van der Waals surface area contributed by atoms with Crippen LogP contribution < -0.4 is 19.7 Å². The van der Waals surface area contributed by atoms with Gasteiger partial charge in [0, 0.05) is 12.1 Å². The first-order chi connectivity index (χ1) is 13.9. The summed E-state index contributed by atoms with van der Waals surface area (Å²) >= 11 is 0. The molecule has 0 saturated heterocycles. The van der Waals surface area contributed by atoms with Gasteiger partial charge in [-0.05, 0) is 49.7 Å². The highest BCUT2D eigenvalue weighted by Gasteiger charge is 2.28. The van der Waals surface area contributed by atoms with E-state index in [0.717, 1.165) is 5.56 Å². The number of nitrogens with one attached hydrogen (secondary N) is 1. The molecule has 2 amide bonds. The smallest absolute Gasteiger partial charge is 0.265 e. The van der Waals surface area contributed by atoms with Crippen LogP contribution >= 0.6 is 0 Å². The summed E-state index contributed by atoms with van der Waals surface area (Å²) < 4.78 is 24.5. The van der Waals surface area contributed by atoms with Crippen LogP contribution in [0.4, 0.5) is 10.1 Å². The fourth-order valence-corrected chi connectivity index (χ4v) is 2.89. The summed E-state index contributed by atoms with van der Waals surface area (Å²) in [5.74, 6) is -1.26. The second-order valence-electron chi connectivity index (χ2n) is 6.55. The predicted molar refractivity (Wildman–Crippen MR) is 104 cm³/mol. The van der Waals surface area contributed by atoms with E-state index in [2.05, 4.69) is 5.32 Å². The molecule has 1 aliphatic heterocycles. The number of rotatable bonds is 7. The number of nitrogens with zero attached hydrogens (tertiary/aromatic N) is 1. The third-order valence-corrected chi connectivity index (χ3v) is 4.35. The molecule has 0 atom stereocenters. The minimum atomic E-state index is -0.555. The maximum atomic E-state index is 13.8. The molecule has 0 saturated carbocycles. The number of amides is 2. The van der Waals surface area contributed by atoms with Crippen LogP contribution in [0.2, 0.25) is 0 Å². The number of ether oxygens (including phenoxy) is 2. The number of likely N-dealkylation sites (N-methyl/N-ethyl adjacent to an activating group) is 1. The van der Waals surface area contributed by atoms with Crippen molar-refractivity contribution in [3.05, 3.63) is 53.3 Å². The van der Waals surface area contributed by atoms with E-state index in [9.17, 15) is 18.8 Å². The lowest BCUT2D eigenvalue weighted by atomic mass is 10.1. The number of benzene rings is 2. The number of carbonyl (C=O) groups is 3. The molecule has 0 unspecified atom stereocenters. The zero-order valence-corrected chi connectivity index (χ0v) is 16.2. The third kappa shape index (κ3) is 4.71. The zero-order chi connectivity index (χ0) is 21.0. The van der Waals surface area contributed by atoms with Gasteiger partial charge in [0.25, 0.3) is 5.91 Å². The fourth-order valence-electron chi connectivity index (χ4n) is 2.89. The van der Waals surface area contributed by atoms with Crippen LogP contribution in [0.5, 0.6) is 11.5 Å². The van der Waals surface area contributed by atoms with Crippen LogP contribution in [0, 0.1) is 12.7 Å². The van der Waals surface area contributed by atoms with E-state index in [-0.39, 0.29) is 42.9 Å². The summed E-state index contributed by atoms with van der Waals surface area (Å²) in [6.07, 6.45) is 0. The van der Waals surface area contributed by atoms with Crippen LogP contribution in [0.15, 0.2) is 36.4 Å². The van der Waals surface area contributed by atoms with E-state index >= 15 is 0 Å². The monoisotopic (exact) mass is 400 g/mol. The number of ketones is 1. The molecule has 0 aromatic heterocycles. The van der Waals surface area contributed by atoms with E-state index in [1.54, 1.807) is 26.0 Å². The van der Waals surface area contributed by atoms with Gasteiger partial charge in [-0.1, -0.05) is 6.07 Å². The van der Waals surface area contributed by atoms with Crippen molar-refractivity contribution < 1.29 is 28.2 Å². The SMILES string of the molecule is CCNC(=O)CN1C(=O)COc2ccc(C(=O)COc3cc(C)ccc3F)cc21. The fraction of sp³-hybridized carbons (Fsp3) is 0.286. The van der Waals surface area contributed by atoms with Gasteiger partial charge < -0.3 is 14.8 Å². The van der Waals surface area contributed by atoms with Crippen molar-refractivity contribution in [1.82, 2.24) is 5.32 Å². The molecule has 0 fully saturated rings. The van der Waals surface area contributed by atoms with Crippen molar-refractivity contribution in [2.45, 2.75) is 13.8 Å². The minimum Gasteiger partial charge on any atom is -0.482 e. The average molecular weight is 400 g/mol. The zero-order valence-electron chi connectivity index (χ0n) is 16.2. The summed E-state index contributed by atoms with van der Waals surface area (Å²) in [7, 11) is 0. The molecule has 2 aromatic rings. The number of Topliss-reactive ketones (excluding diaryl/α,β-unsaturated/α-hetero) is 1. The third-order valence-electron chi connectivity index (χ3n) is 4.35. The van der Waals surface area contributed by atoms with Gasteiger partial charge in [-0.2, -0.15) is 0 Å². The second kappa shape index (κ2) is 8.72. The number of hydrogen-bond donors (Lipinski definition) is 1. The lowest BCUT2D eigenvalue weighted by Crippen LogP contribution is -2.45. The molecule has 0 radical (unpaired) electrons. The van der Waals surface area contributed by atoms with Gasteiger partial charge in [-0.3, -0.25) is 19.3 Å². The normalized spacial score (nSPS) is 12.8. The first-order valence-electron chi connectivity index (χ1n) is 9.15. The number of aryl methyl sites for hydroxylation is 1. The molecule has 1 N–H and O–H groups in total. The molecule has 1 aliphatic rings. The van der Waals surface area contributed by atoms with Crippen molar-refractivity contribution in [3.63, 3.8) is 0 Å². The molecule has 0 aliphatic carbocycles. The first-order valence-corrected chi connectivity index (χ1v) is 9.15. The van der Waals surface area contributed by atoms with E-state index in [4.69, 9.17) is 9.47 Å². The Kier molecular flexibility index (Phi) is 6.11. The molecule has 7 nitrogen and oxygen atoms in total. The lowest BCUT2D eigenvalue weighted by Gasteiger charge is -2.29.